The predicted molar refractivity (Wildman–Crippen MR) is 106 cm³/mol. The molecule has 0 spiro atoms. The normalized spacial score (nSPS) is 13.4. The average molecular weight is 381 g/mol. The van der Waals surface area contributed by atoms with E-state index in [1.54, 1.807) is 17.9 Å². The molecule has 0 saturated carbocycles. The number of benzene rings is 2. The van der Waals surface area contributed by atoms with Gasteiger partial charge >= 0.3 is 6.09 Å². The summed E-state index contributed by atoms with van der Waals surface area (Å²) in [7, 11) is 0. The highest BCUT2D eigenvalue weighted by molar-refractivity contribution is 5.98. The summed E-state index contributed by atoms with van der Waals surface area (Å²) >= 11 is 0. The van der Waals surface area contributed by atoms with E-state index in [1.807, 2.05) is 42.5 Å². The van der Waals surface area contributed by atoms with Gasteiger partial charge in [0.25, 0.3) is 0 Å². The molecule has 1 heterocycles. The van der Waals surface area contributed by atoms with Gasteiger partial charge in [-0.1, -0.05) is 30.3 Å². The van der Waals surface area contributed by atoms with Crippen molar-refractivity contribution in [2.75, 3.05) is 16.8 Å². The largest absolute Gasteiger partial charge is 0.445 e. The molecule has 28 heavy (non-hydrogen) atoms. The van der Waals surface area contributed by atoms with Gasteiger partial charge in [-0.2, -0.15) is 0 Å². The number of fused-ring (bicyclic) bond motifs is 1. The molecule has 3 rings (SSSR count). The zero-order valence-corrected chi connectivity index (χ0v) is 15.9. The molecule has 1 aliphatic rings. The Bertz CT molecular complexity index is 882. The number of anilines is 2. The molecule has 0 aromatic heterocycles. The van der Waals surface area contributed by atoms with E-state index >= 15 is 0 Å². The van der Waals surface area contributed by atoms with Crippen molar-refractivity contribution in [1.29, 1.82) is 0 Å². The van der Waals surface area contributed by atoms with E-state index in [1.165, 1.54) is 6.92 Å². The highest BCUT2D eigenvalue weighted by Gasteiger charge is 2.23. The van der Waals surface area contributed by atoms with Crippen LogP contribution in [-0.2, 0) is 27.4 Å². The minimum atomic E-state index is -0.759. The molecule has 1 atom stereocenters. The summed E-state index contributed by atoms with van der Waals surface area (Å²) < 4.78 is 5.13. The molecular formula is C21H23N3O4. The Kier molecular flexibility index (Phi) is 5.93. The fourth-order valence-electron chi connectivity index (χ4n) is 3.06. The zero-order chi connectivity index (χ0) is 20.1. The maximum atomic E-state index is 12.3. The van der Waals surface area contributed by atoms with E-state index in [4.69, 9.17) is 4.74 Å². The van der Waals surface area contributed by atoms with Crippen LogP contribution in [0, 0.1) is 0 Å². The predicted octanol–water partition coefficient (Wildman–Crippen LogP) is 2.85. The van der Waals surface area contributed by atoms with Crippen molar-refractivity contribution in [3.63, 3.8) is 0 Å². The minimum absolute atomic E-state index is 0.00220. The van der Waals surface area contributed by atoms with E-state index in [2.05, 4.69) is 10.6 Å². The summed E-state index contributed by atoms with van der Waals surface area (Å²) in [6.45, 7) is 3.91. The first kappa shape index (κ1) is 19.4. The molecule has 0 radical (unpaired) electrons. The summed E-state index contributed by atoms with van der Waals surface area (Å²) in [6, 6.07) is 14.0. The van der Waals surface area contributed by atoms with Crippen molar-refractivity contribution >= 4 is 29.3 Å². The molecule has 3 amide bonds. The number of hydrogen-bond donors (Lipinski definition) is 2. The number of hydrogen-bond acceptors (Lipinski definition) is 4. The molecule has 7 nitrogen and oxygen atoms in total. The number of carbonyl (C=O) groups excluding carboxylic acids is 3. The lowest BCUT2D eigenvalue weighted by Gasteiger charge is -2.16. The molecule has 2 N–H and O–H groups in total. The first-order valence-electron chi connectivity index (χ1n) is 9.13. The van der Waals surface area contributed by atoms with Crippen LogP contribution in [0.1, 0.15) is 25.0 Å². The number of carbonyl (C=O) groups is 3. The number of nitrogens with one attached hydrogen (secondary N) is 2. The summed E-state index contributed by atoms with van der Waals surface area (Å²) in [5.41, 5.74) is 3.38. The number of ether oxygens (including phenoxy) is 1. The second-order valence-electron chi connectivity index (χ2n) is 6.68. The third-order valence-corrected chi connectivity index (χ3v) is 4.56. The van der Waals surface area contributed by atoms with E-state index in [0.717, 1.165) is 23.2 Å². The molecular weight excluding hydrogens is 358 g/mol. The molecule has 0 saturated heterocycles. The SMILES string of the molecule is CC(=O)N1CCc2cc(NC(=O)[C@H](C)NC(=O)OCc3ccccc3)ccc21. The topological polar surface area (TPSA) is 87.7 Å². The Morgan fingerprint density at radius 2 is 1.89 bits per heavy atom. The van der Waals surface area contributed by atoms with Gasteiger partial charge in [-0.15, -0.1) is 0 Å². The van der Waals surface area contributed by atoms with Crippen LogP contribution in [0.2, 0.25) is 0 Å². The Balaban J connectivity index is 1.51. The van der Waals surface area contributed by atoms with E-state index in [9.17, 15) is 14.4 Å². The Morgan fingerprint density at radius 1 is 1.14 bits per heavy atom. The summed E-state index contributed by atoms with van der Waals surface area (Å²) in [6.07, 6.45) is 0.0932. The van der Waals surface area contributed by atoms with Crippen molar-refractivity contribution in [2.24, 2.45) is 0 Å². The smallest absolute Gasteiger partial charge is 0.408 e. The van der Waals surface area contributed by atoms with Gasteiger partial charge < -0.3 is 20.3 Å². The van der Waals surface area contributed by atoms with Crippen molar-refractivity contribution < 1.29 is 19.1 Å². The summed E-state index contributed by atoms with van der Waals surface area (Å²) in [5.74, 6) is -0.347. The van der Waals surface area contributed by atoms with Crippen LogP contribution in [0.3, 0.4) is 0 Å². The van der Waals surface area contributed by atoms with Crippen LogP contribution < -0.4 is 15.5 Å². The fraction of sp³-hybridized carbons (Fsp3) is 0.286. The molecule has 0 aliphatic carbocycles. The maximum absolute atomic E-state index is 12.3. The lowest BCUT2D eigenvalue weighted by atomic mass is 10.1. The molecule has 1 aliphatic heterocycles. The van der Waals surface area contributed by atoms with Gasteiger partial charge in [0.15, 0.2) is 0 Å². The fourth-order valence-corrected chi connectivity index (χ4v) is 3.06. The Hall–Kier alpha value is -3.35. The minimum Gasteiger partial charge on any atom is -0.445 e. The van der Waals surface area contributed by atoms with Crippen molar-refractivity contribution in [2.45, 2.75) is 32.9 Å². The van der Waals surface area contributed by atoms with Gasteiger partial charge in [0.1, 0.15) is 12.6 Å². The van der Waals surface area contributed by atoms with Gasteiger partial charge in [-0.25, -0.2) is 4.79 Å². The first-order chi connectivity index (χ1) is 13.4. The Morgan fingerprint density at radius 3 is 2.61 bits per heavy atom. The highest BCUT2D eigenvalue weighted by Crippen LogP contribution is 2.30. The maximum Gasteiger partial charge on any atom is 0.408 e. The van der Waals surface area contributed by atoms with Crippen LogP contribution in [-0.4, -0.2) is 30.5 Å². The summed E-state index contributed by atoms with van der Waals surface area (Å²) in [4.78, 5) is 37.6. The second-order valence-corrected chi connectivity index (χ2v) is 6.68. The van der Waals surface area contributed by atoms with Gasteiger partial charge in [0.2, 0.25) is 11.8 Å². The van der Waals surface area contributed by atoms with Gasteiger partial charge in [-0.3, -0.25) is 9.59 Å². The first-order valence-corrected chi connectivity index (χ1v) is 9.13. The van der Waals surface area contributed by atoms with E-state index in [-0.39, 0.29) is 18.4 Å². The van der Waals surface area contributed by atoms with Crippen LogP contribution in [0.4, 0.5) is 16.2 Å². The van der Waals surface area contributed by atoms with Crippen LogP contribution in [0.15, 0.2) is 48.5 Å². The second kappa shape index (κ2) is 8.56. The third-order valence-electron chi connectivity index (χ3n) is 4.56. The van der Waals surface area contributed by atoms with Gasteiger partial charge in [0.05, 0.1) is 0 Å². The van der Waals surface area contributed by atoms with Crippen molar-refractivity contribution in [1.82, 2.24) is 5.32 Å². The van der Waals surface area contributed by atoms with Crippen LogP contribution in [0.25, 0.3) is 0 Å². The number of nitrogens with zero attached hydrogens (tertiary/aromatic N) is 1. The molecule has 0 fully saturated rings. The summed E-state index contributed by atoms with van der Waals surface area (Å²) in [5, 5.41) is 5.30. The molecule has 146 valence electrons. The monoisotopic (exact) mass is 381 g/mol. The average Bonchev–Trinajstić information content (AvgIpc) is 3.10. The molecule has 0 unspecified atom stereocenters. The van der Waals surface area contributed by atoms with Crippen LogP contribution >= 0.6 is 0 Å². The molecule has 0 bridgehead atoms. The van der Waals surface area contributed by atoms with Gasteiger partial charge in [-0.05, 0) is 42.7 Å². The highest BCUT2D eigenvalue weighted by atomic mass is 16.5. The van der Waals surface area contributed by atoms with E-state index in [0.29, 0.717) is 12.2 Å². The van der Waals surface area contributed by atoms with Crippen LogP contribution in [0.5, 0.6) is 0 Å². The molecule has 2 aromatic carbocycles. The van der Waals surface area contributed by atoms with Crippen molar-refractivity contribution in [3.8, 4) is 0 Å². The molecule has 2 aromatic rings. The quantitative estimate of drug-likeness (QED) is 0.834. The van der Waals surface area contributed by atoms with Gasteiger partial charge in [0, 0.05) is 24.8 Å². The number of rotatable bonds is 5. The number of alkyl carbamates (subject to hydrolysis) is 1. The third kappa shape index (κ3) is 4.68. The Labute approximate surface area is 163 Å². The number of amides is 3. The van der Waals surface area contributed by atoms with Crippen molar-refractivity contribution in [3.05, 3.63) is 59.7 Å². The lowest BCUT2D eigenvalue weighted by Crippen LogP contribution is -2.41. The van der Waals surface area contributed by atoms with E-state index < -0.39 is 12.1 Å². The standard InChI is InChI=1S/C21H23N3O4/c1-14(22-21(27)28-13-16-6-4-3-5-7-16)20(26)23-18-8-9-19-17(12-18)10-11-24(19)15(2)25/h3-9,12,14H,10-11,13H2,1-2H3,(H,22,27)(H,23,26)/t14-/m0/s1. The lowest BCUT2D eigenvalue weighted by molar-refractivity contribution is -0.118. The zero-order valence-electron chi connectivity index (χ0n) is 15.9. The molecule has 7 heteroatoms.